The number of rotatable bonds is 3. The molecule has 20 heavy (non-hydrogen) atoms. The summed E-state index contributed by atoms with van der Waals surface area (Å²) in [7, 11) is -1.08. The average Bonchev–Trinajstić information content (AvgIpc) is 2.42. The lowest BCUT2D eigenvalue weighted by atomic mass is 9.71. The van der Waals surface area contributed by atoms with Gasteiger partial charge >= 0.3 is 0 Å². The predicted octanol–water partition coefficient (Wildman–Crippen LogP) is 5.00. The standard InChI is InChI=1S/C18H22OS/c1-15-9-7-13-18(2,3)17(15)12-8-14-20(19)16-10-5-4-6-11-16/h4-6,8,10-12,14H,1,7,9,13H2,2-3H3/b14-8+,17-12+. The maximum atomic E-state index is 12.1. The molecule has 0 bridgehead atoms. The summed E-state index contributed by atoms with van der Waals surface area (Å²) in [6, 6.07) is 9.52. The summed E-state index contributed by atoms with van der Waals surface area (Å²) in [5.74, 6) is 0. The van der Waals surface area contributed by atoms with Crippen LogP contribution in [0.5, 0.6) is 0 Å². The van der Waals surface area contributed by atoms with Gasteiger partial charge in [-0.15, -0.1) is 0 Å². The molecule has 0 heterocycles. The van der Waals surface area contributed by atoms with Gasteiger partial charge in [-0.1, -0.05) is 56.4 Å². The van der Waals surface area contributed by atoms with Crippen LogP contribution < -0.4 is 0 Å². The van der Waals surface area contributed by atoms with Crippen LogP contribution in [0.1, 0.15) is 33.1 Å². The van der Waals surface area contributed by atoms with Gasteiger partial charge in [0.25, 0.3) is 0 Å². The third kappa shape index (κ3) is 3.57. The summed E-state index contributed by atoms with van der Waals surface area (Å²) in [6.07, 6.45) is 7.47. The summed E-state index contributed by atoms with van der Waals surface area (Å²) in [5.41, 5.74) is 2.69. The molecule has 0 aliphatic heterocycles. The third-order valence-electron chi connectivity index (χ3n) is 3.83. The van der Waals surface area contributed by atoms with Crippen molar-refractivity contribution in [2.75, 3.05) is 0 Å². The van der Waals surface area contributed by atoms with E-state index in [4.69, 9.17) is 0 Å². The Hall–Kier alpha value is -1.41. The highest BCUT2D eigenvalue weighted by atomic mass is 32.2. The molecule has 1 atom stereocenters. The zero-order chi connectivity index (χ0) is 14.6. The van der Waals surface area contributed by atoms with Gasteiger partial charge < -0.3 is 0 Å². The molecule has 1 unspecified atom stereocenters. The molecule has 2 heteroatoms. The van der Waals surface area contributed by atoms with Crippen molar-refractivity contribution >= 4 is 10.8 Å². The summed E-state index contributed by atoms with van der Waals surface area (Å²) in [4.78, 5) is 0.837. The van der Waals surface area contributed by atoms with Crippen LogP contribution in [-0.2, 0) is 10.8 Å². The number of allylic oxidation sites excluding steroid dienone is 4. The minimum atomic E-state index is -1.08. The summed E-state index contributed by atoms with van der Waals surface area (Å²) < 4.78 is 12.1. The van der Waals surface area contributed by atoms with Crippen molar-refractivity contribution in [2.45, 2.75) is 38.0 Å². The maximum Gasteiger partial charge on any atom is 0.0775 e. The van der Waals surface area contributed by atoms with E-state index in [0.717, 1.165) is 11.3 Å². The van der Waals surface area contributed by atoms with Gasteiger partial charge in [0, 0.05) is 10.3 Å². The van der Waals surface area contributed by atoms with Gasteiger partial charge in [0.2, 0.25) is 0 Å². The first-order valence-corrected chi connectivity index (χ1v) is 8.25. The minimum Gasteiger partial charge on any atom is -0.250 e. The zero-order valence-corrected chi connectivity index (χ0v) is 13.1. The molecule has 1 nitrogen and oxygen atoms in total. The Kier molecular flexibility index (Phi) is 4.77. The lowest BCUT2D eigenvalue weighted by Gasteiger charge is -2.34. The van der Waals surface area contributed by atoms with Crippen LogP contribution >= 0.6 is 0 Å². The molecule has 0 N–H and O–H groups in total. The summed E-state index contributed by atoms with van der Waals surface area (Å²) in [5, 5.41) is 1.75. The van der Waals surface area contributed by atoms with E-state index in [1.54, 1.807) is 5.41 Å². The molecule has 0 spiro atoms. The Morgan fingerprint density at radius 1 is 1.25 bits per heavy atom. The van der Waals surface area contributed by atoms with E-state index < -0.39 is 10.8 Å². The third-order valence-corrected chi connectivity index (χ3v) is 4.97. The Bertz CT molecular complexity index is 564. The largest absolute Gasteiger partial charge is 0.250 e. The van der Waals surface area contributed by atoms with E-state index >= 15 is 0 Å². The Morgan fingerprint density at radius 3 is 2.60 bits per heavy atom. The number of hydrogen-bond acceptors (Lipinski definition) is 1. The van der Waals surface area contributed by atoms with Gasteiger partial charge in [-0.3, -0.25) is 0 Å². The van der Waals surface area contributed by atoms with Crippen LogP contribution in [0.3, 0.4) is 0 Å². The highest BCUT2D eigenvalue weighted by Gasteiger charge is 2.28. The van der Waals surface area contributed by atoms with E-state index in [1.807, 2.05) is 36.4 Å². The first-order valence-electron chi connectivity index (χ1n) is 7.03. The van der Waals surface area contributed by atoms with E-state index in [2.05, 4.69) is 26.5 Å². The van der Waals surface area contributed by atoms with Gasteiger partial charge in [-0.2, -0.15) is 0 Å². The van der Waals surface area contributed by atoms with Gasteiger partial charge in [0.15, 0.2) is 0 Å². The number of hydrogen-bond donors (Lipinski definition) is 0. The maximum absolute atomic E-state index is 12.1. The van der Waals surface area contributed by atoms with Gasteiger partial charge in [-0.05, 0) is 42.4 Å². The van der Waals surface area contributed by atoms with Crippen molar-refractivity contribution in [3.63, 3.8) is 0 Å². The molecule has 1 fully saturated rings. The summed E-state index contributed by atoms with van der Waals surface area (Å²) >= 11 is 0. The normalized spacial score (nSPS) is 22.3. The smallest absolute Gasteiger partial charge is 0.0775 e. The fourth-order valence-corrected chi connectivity index (χ4v) is 3.48. The molecule has 0 aromatic heterocycles. The van der Waals surface area contributed by atoms with Crippen LogP contribution in [0.2, 0.25) is 0 Å². The Labute approximate surface area is 124 Å². The van der Waals surface area contributed by atoms with Gasteiger partial charge in [0.1, 0.15) is 0 Å². The molecule has 2 rings (SSSR count). The van der Waals surface area contributed by atoms with Crippen molar-refractivity contribution in [2.24, 2.45) is 5.41 Å². The lowest BCUT2D eigenvalue weighted by Crippen LogP contribution is -2.20. The Balaban J connectivity index is 2.13. The molecule has 0 radical (unpaired) electrons. The first kappa shape index (κ1) is 15.0. The van der Waals surface area contributed by atoms with E-state index in [-0.39, 0.29) is 5.41 Å². The molecular weight excluding hydrogens is 264 g/mol. The van der Waals surface area contributed by atoms with Crippen LogP contribution in [0, 0.1) is 5.41 Å². The average molecular weight is 286 g/mol. The molecule has 0 amide bonds. The van der Waals surface area contributed by atoms with Crippen molar-refractivity contribution in [1.29, 1.82) is 0 Å². The van der Waals surface area contributed by atoms with Crippen LogP contribution in [0.25, 0.3) is 0 Å². The number of benzene rings is 1. The molecule has 106 valence electrons. The van der Waals surface area contributed by atoms with E-state index in [0.29, 0.717) is 0 Å². The summed E-state index contributed by atoms with van der Waals surface area (Å²) in [6.45, 7) is 8.68. The van der Waals surface area contributed by atoms with E-state index in [9.17, 15) is 4.21 Å². The molecule has 0 saturated heterocycles. The minimum absolute atomic E-state index is 0.175. The molecule has 1 aliphatic rings. The second-order valence-corrected chi connectivity index (χ2v) is 7.20. The Morgan fingerprint density at radius 2 is 1.95 bits per heavy atom. The molecular formula is C18H22OS. The fourth-order valence-electron chi connectivity index (χ4n) is 2.68. The second kappa shape index (κ2) is 6.36. The predicted molar refractivity (Wildman–Crippen MR) is 86.8 cm³/mol. The highest BCUT2D eigenvalue weighted by Crippen LogP contribution is 2.42. The zero-order valence-electron chi connectivity index (χ0n) is 12.3. The van der Waals surface area contributed by atoms with Crippen LogP contribution in [-0.4, -0.2) is 4.21 Å². The monoisotopic (exact) mass is 286 g/mol. The first-order chi connectivity index (χ1) is 9.50. The molecule has 1 aliphatic carbocycles. The van der Waals surface area contributed by atoms with Gasteiger partial charge in [0.05, 0.1) is 10.8 Å². The highest BCUT2D eigenvalue weighted by molar-refractivity contribution is 7.88. The molecule has 1 aromatic rings. The van der Waals surface area contributed by atoms with Crippen LogP contribution in [0.4, 0.5) is 0 Å². The molecule has 1 saturated carbocycles. The van der Waals surface area contributed by atoms with Crippen molar-refractivity contribution in [1.82, 2.24) is 0 Å². The van der Waals surface area contributed by atoms with Crippen molar-refractivity contribution in [3.05, 3.63) is 65.6 Å². The van der Waals surface area contributed by atoms with Crippen molar-refractivity contribution in [3.8, 4) is 0 Å². The SMILES string of the molecule is C=C1CCCC(C)(C)/C1=C/C=C/S(=O)c1ccccc1. The van der Waals surface area contributed by atoms with E-state index in [1.165, 1.54) is 24.0 Å². The van der Waals surface area contributed by atoms with Gasteiger partial charge in [-0.25, -0.2) is 4.21 Å². The second-order valence-electron chi connectivity index (χ2n) is 5.86. The van der Waals surface area contributed by atoms with Crippen LogP contribution in [0.15, 0.2) is 70.5 Å². The van der Waals surface area contributed by atoms with Crippen molar-refractivity contribution < 1.29 is 4.21 Å². The molecule has 1 aromatic carbocycles. The topological polar surface area (TPSA) is 17.1 Å². The lowest BCUT2D eigenvalue weighted by molar-refractivity contribution is 0.371. The quantitative estimate of drug-likeness (QED) is 0.764. The fraction of sp³-hybridized carbons (Fsp3) is 0.333.